The van der Waals surface area contributed by atoms with Crippen LogP contribution < -0.4 is 0 Å². The fraction of sp³-hybridized carbons (Fsp3) is 0.125. The van der Waals surface area contributed by atoms with Crippen molar-refractivity contribution in [2.24, 2.45) is 0 Å². The van der Waals surface area contributed by atoms with E-state index in [1.165, 1.54) is 11.8 Å². The van der Waals surface area contributed by atoms with Crippen LogP contribution in [0.3, 0.4) is 0 Å². The van der Waals surface area contributed by atoms with E-state index in [1.807, 2.05) is 42.5 Å². The van der Waals surface area contributed by atoms with Gasteiger partial charge in [0, 0.05) is 16.0 Å². The number of benzene rings is 2. The van der Waals surface area contributed by atoms with Crippen molar-refractivity contribution in [3.8, 4) is 0 Å². The molecule has 102 valence electrons. The molecule has 0 saturated heterocycles. The van der Waals surface area contributed by atoms with Gasteiger partial charge in [-0.15, -0.1) is 23.4 Å². The minimum Gasteiger partial charge on any atom is -0.293 e. The lowest BCUT2D eigenvalue weighted by Gasteiger charge is -2.03. The molecule has 0 amide bonds. The number of hydrogen-bond donors (Lipinski definition) is 0. The maximum atomic E-state index is 11.9. The molecule has 0 radical (unpaired) electrons. The minimum absolute atomic E-state index is 0.0149. The molecule has 2 aromatic rings. The van der Waals surface area contributed by atoms with Gasteiger partial charge in [0.2, 0.25) is 0 Å². The second kappa shape index (κ2) is 7.27. The fourth-order valence-corrected chi connectivity index (χ4v) is 2.62. The lowest BCUT2D eigenvalue weighted by Crippen LogP contribution is -2.02. The van der Waals surface area contributed by atoms with Gasteiger partial charge in [-0.05, 0) is 12.1 Å². The quantitative estimate of drug-likeness (QED) is 0.458. The lowest BCUT2D eigenvalue weighted by molar-refractivity contribution is 0.101. The van der Waals surface area contributed by atoms with Gasteiger partial charge in [0.1, 0.15) is 0 Å². The Kier molecular flexibility index (Phi) is 5.39. The van der Waals surface area contributed by atoms with Crippen molar-refractivity contribution in [2.45, 2.75) is 4.90 Å². The Labute approximate surface area is 127 Å². The van der Waals surface area contributed by atoms with E-state index >= 15 is 0 Å². The summed E-state index contributed by atoms with van der Waals surface area (Å²) in [6.07, 6.45) is 0. The van der Waals surface area contributed by atoms with Gasteiger partial charge in [0.25, 0.3) is 0 Å². The molecule has 2 nitrogen and oxygen atoms in total. The predicted octanol–water partition coefficient (Wildman–Crippen LogP) is 4.08. The van der Waals surface area contributed by atoms with Crippen molar-refractivity contribution in [1.29, 1.82) is 0 Å². The molecule has 2 rings (SSSR count). The molecule has 0 fully saturated rings. The third-order valence-electron chi connectivity index (χ3n) is 2.76. The number of rotatable bonds is 6. The summed E-state index contributed by atoms with van der Waals surface area (Å²) in [5, 5.41) is 0. The molecule has 0 spiro atoms. The Morgan fingerprint density at radius 1 is 0.850 bits per heavy atom. The van der Waals surface area contributed by atoms with Crippen molar-refractivity contribution in [3.63, 3.8) is 0 Å². The van der Waals surface area contributed by atoms with Gasteiger partial charge in [-0.2, -0.15) is 0 Å². The topological polar surface area (TPSA) is 34.1 Å². The highest BCUT2D eigenvalue weighted by molar-refractivity contribution is 8.00. The van der Waals surface area contributed by atoms with Crippen molar-refractivity contribution < 1.29 is 9.59 Å². The summed E-state index contributed by atoms with van der Waals surface area (Å²) in [4.78, 5) is 24.3. The highest BCUT2D eigenvalue weighted by Gasteiger charge is 2.07. The second-order valence-electron chi connectivity index (χ2n) is 4.16. The zero-order chi connectivity index (χ0) is 14.4. The number of alkyl halides is 1. The average Bonchev–Trinajstić information content (AvgIpc) is 2.53. The Hall–Kier alpha value is -1.58. The number of hydrogen-bond acceptors (Lipinski definition) is 3. The Morgan fingerprint density at radius 2 is 1.45 bits per heavy atom. The standard InChI is InChI=1S/C16H13ClO2S/c17-10-15(18)13-6-8-14(9-7-13)20-11-16(19)12-4-2-1-3-5-12/h1-9H,10-11H2. The summed E-state index contributed by atoms with van der Waals surface area (Å²) in [5.74, 6) is 0.367. The summed E-state index contributed by atoms with van der Waals surface area (Å²) in [5.41, 5.74) is 1.31. The van der Waals surface area contributed by atoms with E-state index in [-0.39, 0.29) is 17.4 Å². The molecule has 0 N–H and O–H groups in total. The zero-order valence-corrected chi connectivity index (χ0v) is 12.3. The van der Waals surface area contributed by atoms with Gasteiger partial charge in [0.15, 0.2) is 11.6 Å². The van der Waals surface area contributed by atoms with Gasteiger partial charge in [-0.1, -0.05) is 42.5 Å². The number of thioether (sulfide) groups is 1. The molecule has 0 aliphatic rings. The number of Topliss-reactive ketones (excluding diaryl/α,β-unsaturated/α-hetero) is 2. The van der Waals surface area contributed by atoms with Crippen molar-refractivity contribution in [2.75, 3.05) is 11.6 Å². The Balaban J connectivity index is 1.94. The lowest BCUT2D eigenvalue weighted by atomic mass is 10.1. The molecule has 0 atom stereocenters. The summed E-state index contributed by atoms with van der Waals surface area (Å²) in [6, 6.07) is 16.4. The van der Waals surface area contributed by atoms with E-state index in [1.54, 1.807) is 12.1 Å². The van der Waals surface area contributed by atoms with E-state index in [4.69, 9.17) is 11.6 Å². The van der Waals surface area contributed by atoms with Crippen LogP contribution in [-0.4, -0.2) is 23.2 Å². The normalized spacial score (nSPS) is 10.2. The van der Waals surface area contributed by atoms with Crippen LogP contribution in [0.25, 0.3) is 0 Å². The third kappa shape index (κ3) is 3.95. The number of carbonyl (C=O) groups excluding carboxylic acids is 2. The van der Waals surface area contributed by atoms with Crippen LogP contribution in [-0.2, 0) is 0 Å². The molecule has 20 heavy (non-hydrogen) atoms. The maximum absolute atomic E-state index is 11.9. The van der Waals surface area contributed by atoms with Gasteiger partial charge >= 0.3 is 0 Å². The SMILES string of the molecule is O=C(CCl)c1ccc(SCC(=O)c2ccccc2)cc1. The predicted molar refractivity (Wildman–Crippen MR) is 83.0 cm³/mol. The van der Waals surface area contributed by atoms with Crippen LogP contribution in [0.1, 0.15) is 20.7 Å². The monoisotopic (exact) mass is 304 g/mol. The van der Waals surface area contributed by atoms with Crippen molar-refractivity contribution >= 4 is 34.9 Å². The zero-order valence-electron chi connectivity index (χ0n) is 10.7. The molecular formula is C16H13ClO2S. The third-order valence-corrected chi connectivity index (χ3v) is 4.02. The summed E-state index contributed by atoms with van der Waals surface area (Å²) >= 11 is 6.96. The number of carbonyl (C=O) groups is 2. The first-order valence-electron chi connectivity index (χ1n) is 6.11. The highest BCUT2D eigenvalue weighted by Crippen LogP contribution is 2.20. The smallest absolute Gasteiger partial charge is 0.177 e. The largest absolute Gasteiger partial charge is 0.293 e. The van der Waals surface area contributed by atoms with Gasteiger partial charge in [-0.3, -0.25) is 9.59 Å². The Bertz CT molecular complexity index is 594. The highest BCUT2D eigenvalue weighted by atomic mass is 35.5. The molecule has 0 aliphatic carbocycles. The first-order valence-corrected chi connectivity index (χ1v) is 7.63. The maximum Gasteiger partial charge on any atom is 0.177 e. The van der Waals surface area contributed by atoms with Crippen LogP contribution in [0.15, 0.2) is 59.5 Å². The molecule has 2 aromatic carbocycles. The number of halogens is 1. The van der Waals surface area contributed by atoms with Gasteiger partial charge in [0.05, 0.1) is 11.6 Å². The minimum atomic E-state index is -0.0939. The molecule has 0 bridgehead atoms. The van der Waals surface area contributed by atoms with Gasteiger partial charge < -0.3 is 0 Å². The molecule has 0 aromatic heterocycles. The number of ketones is 2. The summed E-state index contributed by atoms with van der Waals surface area (Å²) in [6.45, 7) is 0. The average molecular weight is 305 g/mol. The molecule has 0 unspecified atom stereocenters. The molecule has 4 heteroatoms. The van der Waals surface area contributed by atoms with E-state index in [2.05, 4.69) is 0 Å². The second-order valence-corrected chi connectivity index (χ2v) is 5.48. The van der Waals surface area contributed by atoms with Crippen LogP contribution >= 0.6 is 23.4 Å². The fourth-order valence-electron chi connectivity index (χ4n) is 1.67. The van der Waals surface area contributed by atoms with Crippen LogP contribution in [0.2, 0.25) is 0 Å². The van der Waals surface area contributed by atoms with E-state index in [9.17, 15) is 9.59 Å². The molecule has 0 aliphatic heterocycles. The van der Waals surface area contributed by atoms with Crippen LogP contribution in [0.4, 0.5) is 0 Å². The van der Waals surface area contributed by atoms with Crippen LogP contribution in [0.5, 0.6) is 0 Å². The van der Waals surface area contributed by atoms with E-state index in [0.717, 1.165) is 4.90 Å². The first kappa shape index (κ1) is 14.8. The van der Waals surface area contributed by atoms with Crippen LogP contribution in [0, 0.1) is 0 Å². The molecular weight excluding hydrogens is 292 g/mol. The molecule has 0 saturated carbocycles. The van der Waals surface area contributed by atoms with E-state index < -0.39 is 0 Å². The Morgan fingerprint density at radius 3 is 2.05 bits per heavy atom. The summed E-state index contributed by atoms with van der Waals surface area (Å²) in [7, 11) is 0. The van der Waals surface area contributed by atoms with Crippen molar-refractivity contribution in [3.05, 3.63) is 65.7 Å². The van der Waals surface area contributed by atoms with E-state index in [0.29, 0.717) is 16.9 Å². The van der Waals surface area contributed by atoms with Crippen molar-refractivity contribution in [1.82, 2.24) is 0 Å². The molecule has 0 heterocycles. The van der Waals surface area contributed by atoms with Gasteiger partial charge in [-0.25, -0.2) is 0 Å². The first-order chi connectivity index (χ1) is 9.70. The summed E-state index contributed by atoms with van der Waals surface area (Å²) < 4.78 is 0.